The van der Waals surface area contributed by atoms with Gasteiger partial charge >= 0.3 is 17.9 Å². The zero-order valence-electron chi connectivity index (χ0n) is 43.9. The van der Waals surface area contributed by atoms with Gasteiger partial charge in [0.1, 0.15) is 28.8 Å². The number of carboxylic acid groups (broad SMARTS) is 3. The van der Waals surface area contributed by atoms with Crippen LogP contribution in [0, 0.1) is 41.8 Å². The molecule has 0 amide bonds. The highest BCUT2D eigenvalue weighted by Gasteiger charge is 2.29. The van der Waals surface area contributed by atoms with Gasteiger partial charge in [0.2, 0.25) is 0 Å². The van der Waals surface area contributed by atoms with E-state index in [1.54, 1.807) is 47.8 Å². The predicted octanol–water partition coefficient (Wildman–Crippen LogP) is 17.9. The highest BCUT2D eigenvalue weighted by atomic mass is 35.5. The van der Waals surface area contributed by atoms with Crippen molar-refractivity contribution in [3.8, 4) is 33.4 Å². The van der Waals surface area contributed by atoms with Crippen LogP contribution in [0.2, 0.25) is 10.0 Å². The SMILES string of the molecule is Cc1ccc(-c2csc(CC(=O)c3nc4c(F)cccc4s3)c2C(=O)O)c(F)c1F.O=C(Cc1scc(-c2ccc(Cl)cc2)c1C(=O)O)c1nc2cccc(F)c2s1.O=C(Cc1scc(-c2ccc(Cl)cc2F)c1C(=O)O)c1nc2cccc(F)c2s1. The molecule has 0 bridgehead atoms. The van der Waals surface area contributed by atoms with Gasteiger partial charge in [-0.25, -0.2) is 55.7 Å². The Labute approximate surface area is 520 Å². The minimum Gasteiger partial charge on any atom is -0.478 e. The normalized spacial score (nSPS) is 11.1. The number of fused-ring (bicyclic) bond motifs is 3. The molecule has 438 valence electrons. The molecular formula is C61H33Cl2F6N3O9S6. The van der Waals surface area contributed by atoms with Crippen molar-refractivity contribution in [3.05, 3.63) is 222 Å². The summed E-state index contributed by atoms with van der Waals surface area (Å²) in [5, 5.41) is 34.7. The number of rotatable bonds is 15. The number of thiophene rings is 3. The molecule has 26 heteroatoms. The third kappa shape index (κ3) is 13.0. The average molecular weight is 1330 g/mol. The van der Waals surface area contributed by atoms with Gasteiger partial charge in [0.05, 0.1) is 41.8 Å². The van der Waals surface area contributed by atoms with Crippen molar-refractivity contribution in [1.29, 1.82) is 0 Å². The fraction of sp³-hybridized carbons (Fsp3) is 0.0656. The highest BCUT2D eigenvalue weighted by molar-refractivity contribution is 7.21. The quantitative estimate of drug-likeness (QED) is 0.0648. The van der Waals surface area contributed by atoms with Gasteiger partial charge in [0, 0.05) is 71.8 Å². The molecule has 6 aromatic carbocycles. The van der Waals surface area contributed by atoms with Crippen molar-refractivity contribution in [3.63, 3.8) is 0 Å². The topological polar surface area (TPSA) is 202 Å². The van der Waals surface area contributed by atoms with Crippen LogP contribution >= 0.6 is 91.2 Å². The number of aromatic carboxylic acids is 3. The van der Waals surface area contributed by atoms with Crippen molar-refractivity contribution in [2.75, 3.05) is 0 Å². The number of hydrogen-bond donors (Lipinski definition) is 3. The summed E-state index contributed by atoms with van der Waals surface area (Å²) in [5.41, 5.74) is 1.97. The van der Waals surface area contributed by atoms with E-state index < -0.39 is 64.4 Å². The van der Waals surface area contributed by atoms with Gasteiger partial charge in [-0.1, -0.05) is 65.7 Å². The van der Waals surface area contributed by atoms with Crippen LogP contribution in [-0.2, 0) is 19.3 Å². The van der Waals surface area contributed by atoms with Crippen molar-refractivity contribution < 1.29 is 70.4 Å². The maximum absolute atomic E-state index is 14.4. The second kappa shape index (κ2) is 25.9. The molecular weight excluding hydrogens is 1300 g/mol. The van der Waals surface area contributed by atoms with Crippen LogP contribution in [0.3, 0.4) is 0 Å². The molecule has 0 aliphatic rings. The number of benzene rings is 6. The number of carbonyl (C=O) groups is 6. The number of aryl methyl sites for hydroxylation is 1. The number of para-hydroxylation sites is 1. The van der Waals surface area contributed by atoms with Crippen LogP contribution in [0.5, 0.6) is 0 Å². The van der Waals surface area contributed by atoms with Crippen LogP contribution < -0.4 is 0 Å². The van der Waals surface area contributed by atoms with Gasteiger partial charge in [-0.2, -0.15) is 0 Å². The Kier molecular flexibility index (Phi) is 18.4. The molecule has 12 aromatic rings. The zero-order valence-corrected chi connectivity index (χ0v) is 50.3. The molecule has 0 spiro atoms. The molecule has 0 fully saturated rings. The lowest BCUT2D eigenvalue weighted by molar-refractivity contribution is 0.0686. The number of carboxylic acids is 3. The van der Waals surface area contributed by atoms with Gasteiger partial charge < -0.3 is 15.3 Å². The molecule has 87 heavy (non-hydrogen) atoms. The predicted molar refractivity (Wildman–Crippen MR) is 328 cm³/mol. The molecule has 0 aliphatic heterocycles. The molecule has 6 heterocycles. The van der Waals surface area contributed by atoms with Crippen LogP contribution in [0.1, 0.15) is 80.7 Å². The molecule has 0 aliphatic carbocycles. The summed E-state index contributed by atoms with van der Waals surface area (Å²) >= 11 is 17.8. The Balaban J connectivity index is 0.000000145. The number of halogens is 8. The molecule has 0 saturated carbocycles. The molecule has 6 aromatic heterocycles. The Hall–Kier alpha value is -8.33. The number of thiazole rings is 3. The minimum atomic E-state index is -1.36. The first kappa shape index (κ1) is 61.7. The van der Waals surface area contributed by atoms with E-state index >= 15 is 0 Å². The highest BCUT2D eigenvalue weighted by Crippen LogP contribution is 2.39. The van der Waals surface area contributed by atoms with E-state index in [1.807, 2.05) is 0 Å². The van der Waals surface area contributed by atoms with Gasteiger partial charge in [-0.3, -0.25) is 14.4 Å². The Morgan fingerprint density at radius 1 is 0.448 bits per heavy atom. The van der Waals surface area contributed by atoms with Gasteiger partial charge in [-0.05, 0) is 101 Å². The van der Waals surface area contributed by atoms with E-state index in [0.29, 0.717) is 41.5 Å². The summed E-state index contributed by atoms with van der Waals surface area (Å²) < 4.78 is 85.3. The maximum atomic E-state index is 14.4. The first-order valence-electron chi connectivity index (χ1n) is 25.0. The average Bonchev–Trinajstić information content (AvgIpc) is 2.06. The van der Waals surface area contributed by atoms with E-state index in [4.69, 9.17) is 23.2 Å². The second-order valence-corrected chi connectivity index (χ2v) is 25.4. The fourth-order valence-corrected chi connectivity index (χ4v) is 15.0. The Morgan fingerprint density at radius 3 is 1.37 bits per heavy atom. The fourth-order valence-electron chi connectivity index (χ4n) is 8.86. The molecule has 0 unspecified atom stereocenters. The van der Waals surface area contributed by atoms with Crippen LogP contribution in [0.15, 0.2) is 125 Å². The van der Waals surface area contributed by atoms with Gasteiger partial charge in [0.25, 0.3) is 0 Å². The number of carbonyl (C=O) groups excluding carboxylic acids is 3. The molecule has 0 saturated heterocycles. The Morgan fingerprint density at radius 2 is 0.885 bits per heavy atom. The van der Waals surface area contributed by atoms with E-state index in [0.717, 1.165) is 62.8 Å². The maximum Gasteiger partial charge on any atom is 0.337 e. The number of hydrogen-bond acceptors (Lipinski definition) is 15. The van der Waals surface area contributed by atoms with E-state index in [1.165, 1.54) is 89.7 Å². The van der Waals surface area contributed by atoms with E-state index in [9.17, 15) is 70.4 Å². The first-order chi connectivity index (χ1) is 41.6. The lowest BCUT2D eigenvalue weighted by Crippen LogP contribution is -2.07. The van der Waals surface area contributed by atoms with Crippen LogP contribution in [0.4, 0.5) is 26.3 Å². The van der Waals surface area contributed by atoms with E-state index in [-0.39, 0.29) is 110 Å². The van der Waals surface area contributed by atoms with Gasteiger partial charge in [0.15, 0.2) is 44.0 Å². The molecule has 3 N–H and O–H groups in total. The van der Waals surface area contributed by atoms with Crippen molar-refractivity contribution in [2.45, 2.75) is 26.2 Å². The van der Waals surface area contributed by atoms with Crippen molar-refractivity contribution in [1.82, 2.24) is 15.0 Å². The largest absolute Gasteiger partial charge is 0.478 e. The van der Waals surface area contributed by atoms with Crippen LogP contribution in [0.25, 0.3) is 64.0 Å². The van der Waals surface area contributed by atoms with Crippen molar-refractivity contribution in [2.24, 2.45) is 0 Å². The van der Waals surface area contributed by atoms with Gasteiger partial charge in [-0.15, -0.1) is 68.0 Å². The number of Topliss-reactive ketones (excluding diaryl/α,β-unsaturated/α-hetero) is 3. The molecule has 12 rings (SSSR count). The molecule has 12 nitrogen and oxygen atoms in total. The summed E-state index contributed by atoms with van der Waals surface area (Å²) in [7, 11) is 0. The smallest absolute Gasteiger partial charge is 0.337 e. The van der Waals surface area contributed by atoms with E-state index in [2.05, 4.69) is 15.0 Å². The number of nitrogens with zero attached hydrogens (tertiary/aromatic N) is 3. The van der Waals surface area contributed by atoms with Crippen LogP contribution in [-0.4, -0.2) is 65.5 Å². The second-order valence-electron chi connectivity index (χ2n) is 18.6. The zero-order chi connectivity index (χ0) is 62.1. The minimum absolute atomic E-state index is 0.00189. The Bertz CT molecular complexity index is 4770. The summed E-state index contributed by atoms with van der Waals surface area (Å²) in [6, 6.07) is 26.7. The monoisotopic (exact) mass is 1330 g/mol. The standard InChI is InChI=1S/C21H12F3NO3S2.C20H10ClF2NO3S2.C20H11ClFNO3S2/c1-9-5-6-10(18(24)17(9)23)11-8-29-15(16(11)21(27)28)7-13(26)20-25-19-12(22)3-2-4-14(19)30-20;21-9-4-5-10(13(23)6-9)11-8-28-16(17(11)20(26)27)7-15(25)19-24-14-3-1-2-12(22)18(14)29-19;21-11-6-4-10(5-7-11)12-9-27-16(17(12)20(25)26)8-15(24)19-23-14-3-1-2-13(22)18(14)28-19/h2-6,8H,7H2,1H3,(H,27,28);1-6,8H,7H2,(H,26,27);1-7,9H,8H2,(H,25,26). The lowest BCUT2D eigenvalue weighted by atomic mass is 9.99. The number of aromatic nitrogens is 3. The molecule has 0 radical (unpaired) electrons. The summed E-state index contributed by atoms with van der Waals surface area (Å²) in [6.45, 7) is 1.40. The molecule has 0 atom stereocenters. The third-order valence-electron chi connectivity index (χ3n) is 13.0. The summed E-state index contributed by atoms with van der Waals surface area (Å²) in [6.07, 6.45) is -0.645. The first-order valence-corrected chi connectivity index (χ1v) is 30.8. The third-order valence-corrected chi connectivity index (χ3v) is 19.7. The van der Waals surface area contributed by atoms with Crippen molar-refractivity contribution >= 4 is 157 Å². The summed E-state index contributed by atoms with van der Waals surface area (Å²) in [5.74, 6) is -9.29. The summed E-state index contributed by atoms with van der Waals surface area (Å²) in [4.78, 5) is 86.8. The number of ketones is 3. The lowest BCUT2D eigenvalue weighted by Gasteiger charge is -2.07.